The molecule has 6 nitrogen and oxygen atoms in total. The van der Waals surface area contributed by atoms with Crippen LogP contribution in [0.25, 0.3) is 0 Å². The van der Waals surface area contributed by atoms with Crippen LogP contribution in [0.5, 0.6) is 0 Å². The maximum absolute atomic E-state index is 11.3. The van der Waals surface area contributed by atoms with Gasteiger partial charge in [-0.2, -0.15) is 0 Å². The Kier molecular flexibility index (Phi) is 14.5. The molecule has 30 heavy (non-hydrogen) atoms. The highest BCUT2D eigenvalue weighted by molar-refractivity contribution is 14.0. The quantitative estimate of drug-likeness (QED) is 0.149. The number of carbonyl (C=O) groups excluding carboxylic acids is 1. The van der Waals surface area contributed by atoms with Crippen molar-refractivity contribution in [2.24, 2.45) is 4.99 Å². The molecule has 0 atom stereocenters. The summed E-state index contributed by atoms with van der Waals surface area (Å²) in [5, 5.41) is 6.99. The third kappa shape index (κ3) is 11.2. The van der Waals surface area contributed by atoms with E-state index < -0.39 is 0 Å². The molecule has 0 spiro atoms. The molecule has 1 heterocycles. The second kappa shape index (κ2) is 16.4. The number of likely N-dealkylation sites (tertiary alicyclic amines) is 1. The van der Waals surface area contributed by atoms with Crippen LogP contribution < -0.4 is 10.6 Å². The molecule has 7 heteroatoms. The van der Waals surface area contributed by atoms with Gasteiger partial charge in [0.2, 0.25) is 0 Å². The Morgan fingerprint density at radius 2 is 1.83 bits per heavy atom. The topological polar surface area (TPSA) is 66.0 Å². The van der Waals surface area contributed by atoms with Gasteiger partial charge in [0, 0.05) is 45.7 Å². The number of aliphatic imine (C=N–C) groups is 1. The molecule has 0 bridgehead atoms. The second-order valence-electron chi connectivity index (χ2n) is 7.65. The van der Waals surface area contributed by atoms with Crippen LogP contribution in [0.3, 0.4) is 0 Å². The number of unbranched alkanes of at least 4 members (excludes halogenated alkanes) is 3. The van der Waals surface area contributed by atoms with Crippen LogP contribution in [0.2, 0.25) is 0 Å². The van der Waals surface area contributed by atoms with Crippen molar-refractivity contribution in [1.82, 2.24) is 15.5 Å². The maximum Gasteiger partial charge on any atom is 0.305 e. The first-order chi connectivity index (χ1) is 14.2. The van der Waals surface area contributed by atoms with Gasteiger partial charge in [-0.25, -0.2) is 0 Å². The van der Waals surface area contributed by atoms with Gasteiger partial charge in [0.25, 0.3) is 0 Å². The molecule has 2 rings (SSSR count). The fraction of sp³-hybridized carbons (Fsp3) is 0.652. The minimum Gasteiger partial charge on any atom is -0.466 e. The van der Waals surface area contributed by atoms with Crippen molar-refractivity contribution in [2.45, 2.75) is 64.5 Å². The summed E-state index contributed by atoms with van der Waals surface area (Å²) in [4.78, 5) is 18.2. The Morgan fingerprint density at radius 3 is 2.50 bits per heavy atom. The van der Waals surface area contributed by atoms with Crippen LogP contribution in [-0.4, -0.2) is 56.2 Å². The highest BCUT2D eigenvalue weighted by Gasteiger charge is 2.19. The van der Waals surface area contributed by atoms with Gasteiger partial charge in [-0.3, -0.25) is 14.7 Å². The largest absolute Gasteiger partial charge is 0.466 e. The van der Waals surface area contributed by atoms with Crippen LogP contribution in [0.1, 0.15) is 57.4 Å². The average molecular weight is 530 g/mol. The summed E-state index contributed by atoms with van der Waals surface area (Å²) >= 11 is 0. The molecule has 0 aromatic heterocycles. The van der Waals surface area contributed by atoms with Crippen molar-refractivity contribution in [3.8, 4) is 0 Å². The number of nitrogens with one attached hydrogen (secondary N) is 2. The Bertz CT molecular complexity index is 604. The van der Waals surface area contributed by atoms with Gasteiger partial charge in [-0.15, -0.1) is 24.0 Å². The molecule has 1 aromatic rings. The maximum atomic E-state index is 11.3. The van der Waals surface area contributed by atoms with Crippen LogP contribution >= 0.6 is 24.0 Å². The summed E-state index contributed by atoms with van der Waals surface area (Å²) in [7, 11) is 1.83. The summed E-state index contributed by atoms with van der Waals surface area (Å²) in [6, 6.07) is 11.2. The zero-order valence-corrected chi connectivity index (χ0v) is 20.9. The molecule has 0 unspecified atom stereocenters. The summed E-state index contributed by atoms with van der Waals surface area (Å²) in [5.41, 5.74) is 1.39. The molecular formula is C23H39IN4O2. The van der Waals surface area contributed by atoms with Crippen LogP contribution in [-0.2, 0) is 16.1 Å². The van der Waals surface area contributed by atoms with Crippen LogP contribution in [0.15, 0.2) is 35.3 Å². The van der Waals surface area contributed by atoms with Crippen molar-refractivity contribution in [2.75, 3.05) is 33.3 Å². The van der Waals surface area contributed by atoms with E-state index in [1.165, 1.54) is 5.56 Å². The lowest BCUT2D eigenvalue weighted by atomic mass is 10.0. The summed E-state index contributed by atoms with van der Waals surface area (Å²) in [6.07, 6.45) is 6.98. The lowest BCUT2D eigenvalue weighted by Gasteiger charge is -2.33. The second-order valence-corrected chi connectivity index (χ2v) is 7.65. The smallest absolute Gasteiger partial charge is 0.305 e. The van der Waals surface area contributed by atoms with E-state index in [2.05, 4.69) is 50.9 Å². The van der Waals surface area contributed by atoms with Crippen molar-refractivity contribution in [1.29, 1.82) is 0 Å². The van der Waals surface area contributed by atoms with E-state index in [0.29, 0.717) is 19.1 Å². The van der Waals surface area contributed by atoms with Gasteiger partial charge in [-0.05, 0) is 38.2 Å². The third-order valence-electron chi connectivity index (χ3n) is 5.31. The van der Waals surface area contributed by atoms with E-state index in [1.807, 2.05) is 14.0 Å². The zero-order valence-electron chi connectivity index (χ0n) is 18.6. The van der Waals surface area contributed by atoms with Crippen molar-refractivity contribution in [3.05, 3.63) is 35.9 Å². The number of piperidine rings is 1. The SMILES string of the molecule is CCOC(=O)CCCCCCNC(=NC)NC1CCN(Cc2ccccc2)CC1.I. The molecule has 0 saturated carbocycles. The monoisotopic (exact) mass is 530 g/mol. The number of benzene rings is 1. The average Bonchev–Trinajstić information content (AvgIpc) is 2.74. The predicted octanol–water partition coefficient (Wildman–Crippen LogP) is 3.95. The number of nitrogens with zero attached hydrogens (tertiary/aromatic N) is 2. The van der Waals surface area contributed by atoms with E-state index >= 15 is 0 Å². The van der Waals surface area contributed by atoms with Gasteiger partial charge in [-0.1, -0.05) is 43.2 Å². The van der Waals surface area contributed by atoms with Crippen molar-refractivity contribution in [3.63, 3.8) is 0 Å². The number of rotatable bonds is 11. The fourth-order valence-electron chi connectivity index (χ4n) is 3.65. The van der Waals surface area contributed by atoms with Crippen LogP contribution in [0.4, 0.5) is 0 Å². The van der Waals surface area contributed by atoms with Crippen molar-refractivity contribution < 1.29 is 9.53 Å². The van der Waals surface area contributed by atoms with Gasteiger partial charge in [0.15, 0.2) is 5.96 Å². The Labute approximate surface area is 199 Å². The molecule has 1 fully saturated rings. The molecule has 0 aliphatic carbocycles. The molecule has 0 amide bonds. The van der Waals surface area contributed by atoms with E-state index in [9.17, 15) is 4.79 Å². The number of ether oxygens (including phenoxy) is 1. The van der Waals surface area contributed by atoms with E-state index in [0.717, 1.165) is 70.7 Å². The van der Waals surface area contributed by atoms with Gasteiger partial charge < -0.3 is 15.4 Å². The van der Waals surface area contributed by atoms with Crippen LogP contribution in [0, 0.1) is 0 Å². The molecule has 170 valence electrons. The third-order valence-corrected chi connectivity index (χ3v) is 5.31. The molecule has 1 saturated heterocycles. The minimum absolute atomic E-state index is 0. The number of guanidine groups is 1. The number of halogens is 1. The number of esters is 1. The summed E-state index contributed by atoms with van der Waals surface area (Å²) in [6.45, 7) is 6.50. The van der Waals surface area contributed by atoms with E-state index in [-0.39, 0.29) is 29.9 Å². The molecule has 0 radical (unpaired) electrons. The molecule has 2 N–H and O–H groups in total. The fourth-order valence-corrected chi connectivity index (χ4v) is 3.65. The first kappa shape index (κ1) is 26.7. The summed E-state index contributed by atoms with van der Waals surface area (Å²) in [5.74, 6) is 0.822. The lowest BCUT2D eigenvalue weighted by Crippen LogP contribution is -2.48. The van der Waals surface area contributed by atoms with Gasteiger partial charge >= 0.3 is 5.97 Å². The Balaban J connectivity index is 0.00000450. The zero-order chi connectivity index (χ0) is 20.7. The first-order valence-corrected chi connectivity index (χ1v) is 11.1. The minimum atomic E-state index is -0.0787. The number of hydrogen-bond donors (Lipinski definition) is 2. The summed E-state index contributed by atoms with van der Waals surface area (Å²) < 4.78 is 4.95. The molecular weight excluding hydrogens is 491 g/mol. The Morgan fingerprint density at radius 1 is 1.13 bits per heavy atom. The first-order valence-electron chi connectivity index (χ1n) is 11.1. The molecule has 1 aromatic carbocycles. The van der Waals surface area contributed by atoms with E-state index in [4.69, 9.17) is 4.74 Å². The van der Waals surface area contributed by atoms with Crippen molar-refractivity contribution >= 4 is 35.9 Å². The Hall–Kier alpha value is -1.35. The number of carbonyl (C=O) groups is 1. The van der Waals surface area contributed by atoms with Gasteiger partial charge in [0.05, 0.1) is 6.61 Å². The van der Waals surface area contributed by atoms with Gasteiger partial charge in [0.1, 0.15) is 0 Å². The predicted molar refractivity (Wildman–Crippen MR) is 134 cm³/mol. The van der Waals surface area contributed by atoms with E-state index in [1.54, 1.807) is 0 Å². The normalized spacial score (nSPS) is 15.3. The number of hydrogen-bond acceptors (Lipinski definition) is 4. The lowest BCUT2D eigenvalue weighted by molar-refractivity contribution is -0.143. The molecule has 1 aliphatic heterocycles. The standard InChI is InChI=1S/C23H38N4O2.HI/c1-3-29-22(28)13-9-4-5-10-16-25-23(24-2)26-21-14-17-27(18-15-21)19-20-11-7-6-8-12-20;/h6-8,11-12,21H,3-5,9-10,13-19H2,1-2H3,(H2,24,25,26);1H. The highest BCUT2D eigenvalue weighted by atomic mass is 127. The highest BCUT2D eigenvalue weighted by Crippen LogP contribution is 2.13. The molecule has 1 aliphatic rings.